The average molecular weight is 182 g/mol. The lowest BCUT2D eigenvalue weighted by Gasteiger charge is -2.25. The summed E-state index contributed by atoms with van der Waals surface area (Å²) in [7, 11) is 0. The van der Waals surface area contributed by atoms with Gasteiger partial charge in [0.15, 0.2) is 0 Å². The molecule has 0 saturated carbocycles. The molecule has 1 unspecified atom stereocenters. The summed E-state index contributed by atoms with van der Waals surface area (Å²) in [6, 6.07) is 1.26. The van der Waals surface area contributed by atoms with E-state index in [1.807, 2.05) is 6.92 Å². The van der Waals surface area contributed by atoms with E-state index in [1.54, 1.807) is 0 Å². The van der Waals surface area contributed by atoms with Crippen molar-refractivity contribution in [3.05, 3.63) is 24.0 Å². The van der Waals surface area contributed by atoms with Gasteiger partial charge in [0.25, 0.3) is 0 Å². The Labute approximate surface area is 78.2 Å². The fourth-order valence-corrected chi connectivity index (χ4v) is 0.947. The first kappa shape index (κ1) is 10.1. The number of hydrogen-bond donors (Lipinski definition) is 0. The maximum absolute atomic E-state index is 12.8. The van der Waals surface area contributed by atoms with Gasteiger partial charge in [0.05, 0.1) is 0 Å². The predicted molar refractivity (Wildman–Crippen MR) is 49.9 cm³/mol. The average Bonchev–Trinajstić information content (AvgIpc) is 2.01. The molecule has 0 aliphatic rings. The maximum Gasteiger partial charge on any atom is 0.216 e. The van der Waals surface area contributed by atoms with Crippen LogP contribution in [0.1, 0.15) is 39.4 Å². The van der Waals surface area contributed by atoms with E-state index in [0.717, 1.165) is 0 Å². The zero-order chi connectivity index (χ0) is 10.1. The second kappa shape index (κ2) is 3.40. The number of halogens is 1. The molecule has 0 spiro atoms. The molecule has 0 bridgehead atoms. The second-order valence-corrected chi connectivity index (χ2v) is 4.33. The van der Waals surface area contributed by atoms with Crippen LogP contribution in [0.25, 0.3) is 0 Å². The van der Waals surface area contributed by atoms with Crippen LogP contribution < -0.4 is 0 Å². The molecule has 72 valence electrons. The third kappa shape index (κ3) is 2.47. The van der Waals surface area contributed by atoms with Crippen molar-refractivity contribution in [2.75, 3.05) is 0 Å². The third-order valence-corrected chi connectivity index (χ3v) is 2.33. The van der Waals surface area contributed by atoms with Crippen molar-refractivity contribution in [2.24, 2.45) is 5.41 Å². The van der Waals surface area contributed by atoms with E-state index in [4.69, 9.17) is 0 Å². The van der Waals surface area contributed by atoms with Crippen LogP contribution in [0.4, 0.5) is 4.39 Å². The lowest BCUT2D eigenvalue weighted by Crippen LogP contribution is -2.18. The quantitative estimate of drug-likeness (QED) is 0.624. The number of nitrogens with zero attached hydrogens (tertiary/aromatic N) is 2. The summed E-state index contributed by atoms with van der Waals surface area (Å²) in [6.07, 6.45) is 1.46. The Morgan fingerprint density at radius 3 is 2.46 bits per heavy atom. The molecular formula is C10H15FN2. The van der Waals surface area contributed by atoms with Gasteiger partial charge in [-0.2, -0.15) is 4.39 Å². The molecule has 0 aliphatic carbocycles. The molecule has 1 rings (SSSR count). The van der Waals surface area contributed by atoms with Crippen LogP contribution >= 0.6 is 0 Å². The van der Waals surface area contributed by atoms with Gasteiger partial charge in [0, 0.05) is 18.2 Å². The molecule has 0 aliphatic heterocycles. The summed E-state index contributed by atoms with van der Waals surface area (Å²) in [5.74, 6) is 0.275. The molecule has 1 aromatic rings. The topological polar surface area (TPSA) is 25.8 Å². The van der Waals surface area contributed by atoms with Crippen LogP contribution in [-0.2, 0) is 0 Å². The number of hydrogen-bond acceptors (Lipinski definition) is 2. The van der Waals surface area contributed by atoms with E-state index in [0.29, 0.717) is 5.82 Å². The molecular weight excluding hydrogens is 167 g/mol. The van der Waals surface area contributed by atoms with Crippen molar-refractivity contribution in [1.29, 1.82) is 0 Å². The summed E-state index contributed by atoms with van der Waals surface area (Å²) >= 11 is 0. The molecule has 1 atom stereocenters. The summed E-state index contributed by atoms with van der Waals surface area (Å²) in [4.78, 5) is 7.82. The molecule has 0 fully saturated rings. The highest BCUT2D eigenvalue weighted by atomic mass is 19.1. The smallest absolute Gasteiger partial charge is 0.216 e. The lowest BCUT2D eigenvalue weighted by atomic mass is 9.81. The standard InChI is InChI=1S/C10H15FN2/c1-7(10(2,3)4)9-12-6-5-8(11)13-9/h5-7H,1-4H3. The van der Waals surface area contributed by atoms with E-state index in [9.17, 15) is 4.39 Å². The molecule has 0 N–H and O–H groups in total. The third-order valence-electron chi connectivity index (χ3n) is 2.33. The minimum absolute atomic E-state index is 0.0633. The maximum atomic E-state index is 12.8. The van der Waals surface area contributed by atoms with Crippen molar-refractivity contribution >= 4 is 0 Å². The first-order chi connectivity index (χ1) is 5.91. The highest BCUT2D eigenvalue weighted by Crippen LogP contribution is 2.31. The van der Waals surface area contributed by atoms with E-state index in [1.165, 1.54) is 12.3 Å². The van der Waals surface area contributed by atoms with Crippen LogP contribution in [0.15, 0.2) is 12.3 Å². The Morgan fingerprint density at radius 2 is 2.00 bits per heavy atom. The van der Waals surface area contributed by atoms with Crippen molar-refractivity contribution in [1.82, 2.24) is 9.97 Å². The van der Waals surface area contributed by atoms with Gasteiger partial charge in [0.1, 0.15) is 5.82 Å². The zero-order valence-electron chi connectivity index (χ0n) is 8.50. The molecule has 0 aromatic carbocycles. The SMILES string of the molecule is CC(c1nccc(F)n1)C(C)(C)C. The number of rotatable bonds is 1. The number of aromatic nitrogens is 2. The highest BCUT2D eigenvalue weighted by Gasteiger charge is 2.24. The van der Waals surface area contributed by atoms with Crippen molar-refractivity contribution < 1.29 is 4.39 Å². The lowest BCUT2D eigenvalue weighted by molar-refractivity contribution is 0.324. The Morgan fingerprint density at radius 1 is 1.38 bits per heavy atom. The van der Waals surface area contributed by atoms with Crippen LogP contribution in [0.2, 0.25) is 0 Å². The summed E-state index contributed by atoms with van der Waals surface area (Å²) < 4.78 is 12.8. The highest BCUT2D eigenvalue weighted by molar-refractivity contribution is 5.00. The van der Waals surface area contributed by atoms with Gasteiger partial charge in [-0.25, -0.2) is 9.97 Å². The van der Waals surface area contributed by atoms with E-state index in [2.05, 4.69) is 30.7 Å². The zero-order valence-corrected chi connectivity index (χ0v) is 8.50. The predicted octanol–water partition coefficient (Wildman–Crippen LogP) is 2.77. The molecule has 1 aromatic heterocycles. The van der Waals surface area contributed by atoms with E-state index >= 15 is 0 Å². The molecule has 1 heterocycles. The van der Waals surface area contributed by atoms with Crippen molar-refractivity contribution in [3.63, 3.8) is 0 Å². The molecule has 3 heteroatoms. The monoisotopic (exact) mass is 182 g/mol. The summed E-state index contributed by atoms with van der Waals surface area (Å²) in [5, 5.41) is 0. The van der Waals surface area contributed by atoms with Gasteiger partial charge in [-0.15, -0.1) is 0 Å². The van der Waals surface area contributed by atoms with Gasteiger partial charge in [-0.3, -0.25) is 0 Å². The minimum Gasteiger partial charge on any atom is -0.241 e. The van der Waals surface area contributed by atoms with Gasteiger partial charge in [-0.05, 0) is 5.41 Å². The van der Waals surface area contributed by atoms with E-state index < -0.39 is 5.95 Å². The van der Waals surface area contributed by atoms with Crippen molar-refractivity contribution in [2.45, 2.75) is 33.6 Å². The van der Waals surface area contributed by atoms with Crippen LogP contribution in [-0.4, -0.2) is 9.97 Å². The van der Waals surface area contributed by atoms with Gasteiger partial charge in [-0.1, -0.05) is 27.7 Å². The van der Waals surface area contributed by atoms with Gasteiger partial charge < -0.3 is 0 Å². The largest absolute Gasteiger partial charge is 0.241 e. The van der Waals surface area contributed by atoms with Crippen molar-refractivity contribution in [3.8, 4) is 0 Å². The van der Waals surface area contributed by atoms with Crippen LogP contribution in [0, 0.1) is 11.4 Å². The Hall–Kier alpha value is -0.990. The fraction of sp³-hybridized carbons (Fsp3) is 0.600. The van der Waals surface area contributed by atoms with Crippen LogP contribution in [0.5, 0.6) is 0 Å². The molecule has 0 saturated heterocycles. The first-order valence-corrected chi connectivity index (χ1v) is 4.39. The van der Waals surface area contributed by atoms with Gasteiger partial charge >= 0.3 is 0 Å². The summed E-state index contributed by atoms with van der Waals surface area (Å²) in [6.45, 7) is 8.28. The fourth-order valence-electron chi connectivity index (χ4n) is 0.947. The first-order valence-electron chi connectivity index (χ1n) is 4.39. The second-order valence-electron chi connectivity index (χ2n) is 4.33. The normalized spacial score (nSPS) is 14.2. The molecule has 2 nitrogen and oxygen atoms in total. The van der Waals surface area contributed by atoms with Crippen LogP contribution in [0.3, 0.4) is 0 Å². The molecule has 0 radical (unpaired) electrons. The Kier molecular flexibility index (Phi) is 2.64. The van der Waals surface area contributed by atoms with Gasteiger partial charge in [0.2, 0.25) is 5.95 Å². The Bertz CT molecular complexity index is 291. The molecule has 13 heavy (non-hydrogen) atoms. The Balaban J connectivity index is 2.96. The summed E-state index contributed by atoms with van der Waals surface area (Å²) in [5.41, 5.74) is 0.0633. The van der Waals surface area contributed by atoms with E-state index in [-0.39, 0.29) is 11.3 Å². The molecule has 0 amide bonds. The minimum atomic E-state index is -0.457.